The summed E-state index contributed by atoms with van der Waals surface area (Å²) >= 11 is 0. The van der Waals surface area contributed by atoms with Crippen LogP contribution in [0.15, 0.2) is 42.7 Å². The molecule has 1 aromatic carbocycles. The third kappa shape index (κ3) is 3.65. The Bertz CT molecular complexity index is 546. The number of nitrogens with one attached hydrogen (secondary N) is 1. The molecule has 0 aliphatic carbocycles. The van der Waals surface area contributed by atoms with E-state index in [2.05, 4.69) is 66.6 Å². The smallest absolute Gasteiger partial charge is 0.0346 e. The molecule has 106 valence electrons. The Labute approximate surface area is 121 Å². The minimum Gasteiger partial charge on any atom is -0.313 e. The molecular weight excluding hydrogens is 246 g/mol. The van der Waals surface area contributed by atoms with Gasteiger partial charge in [-0.15, -0.1) is 0 Å². The highest BCUT2D eigenvalue weighted by molar-refractivity contribution is 5.63. The summed E-state index contributed by atoms with van der Waals surface area (Å²) in [7, 11) is 6.13. The first-order valence-corrected chi connectivity index (χ1v) is 6.96. The van der Waals surface area contributed by atoms with Gasteiger partial charge in [0.15, 0.2) is 0 Å². The lowest BCUT2D eigenvalue weighted by Crippen LogP contribution is -2.12. The molecule has 0 amide bonds. The SMILES string of the molecule is CNC(C)c1cncc(-c2ccc(CN(C)C)cc2)c1. The highest BCUT2D eigenvalue weighted by Crippen LogP contribution is 2.22. The molecule has 0 aliphatic heterocycles. The van der Waals surface area contributed by atoms with Crippen LogP contribution in [0.2, 0.25) is 0 Å². The zero-order valence-corrected chi connectivity index (χ0v) is 12.7. The molecule has 1 N–H and O–H groups in total. The summed E-state index contributed by atoms with van der Waals surface area (Å²) in [4.78, 5) is 6.53. The van der Waals surface area contributed by atoms with Crippen molar-refractivity contribution in [2.24, 2.45) is 0 Å². The van der Waals surface area contributed by atoms with Crippen LogP contribution < -0.4 is 5.32 Å². The quantitative estimate of drug-likeness (QED) is 0.904. The monoisotopic (exact) mass is 269 g/mol. The van der Waals surface area contributed by atoms with Crippen LogP contribution in [0.3, 0.4) is 0 Å². The van der Waals surface area contributed by atoms with Crippen molar-refractivity contribution in [1.29, 1.82) is 0 Å². The van der Waals surface area contributed by atoms with E-state index in [9.17, 15) is 0 Å². The van der Waals surface area contributed by atoms with Crippen LogP contribution in [0.4, 0.5) is 0 Å². The molecule has 1 unspecified atom stereocenters. The van der Waals surface area contributed by atoms with Crippen molar-refractivity contribution < 1.29 is 0 Å². The van der Waals surface area contributed by atoms with Gasteiger partial charge >= 0.3 is 0 Å². The summed E-state index contributed by atoms with van der Waals surface area (Å²) in [6.45, 7) is 3.11. The number of rotatable bonds is 5. The zero-order valence-electron chi connectivity index (χ0n) is 12.7. The second-order valence-electron chi connectivity index (χ2n) is 5.45. The Morgan fingerprint density at radius 2 is 1.80 bits per heavy atom. The van der Waals surface area contributed by atoms with Crippen molar-refractivity contribution in [3.8, 4) is 11.1 Å². The normalized spacial score (nSPS) is 12.7. The fourth-order valence-corrected chi connectivity index (χ4v) is 2.19. The minimum atomic E-state index is 0.315. The molecule has 0 spiro atoms. The van der Waals surface area contributed by atoms with Crippen molar-refractivity contribution in [1.82, 2.24) is 15.2 Å². The Kier molecular flexibility index (Phi) is 4.88. The van der Waals surface area contributed by atoms with E-state index < -0.39 is 0 Å². The molecule has 1 atom stereocenters. The molecule has 3 nitrogen and oxygen atoms in total. The van der Waals surface area contributed by atoms with Crippen LogP contribution in [0.1, 0.15) is 24.1 Å². The van der Waals surface area contributed by atoms with Gasteiger partial charge in [0.1, 0.15) is 0 Å². The fraction of sp³-hybridized carbons (Fsp3) is 0.353. The molecule has 1 aromatic heterocycles. The van der Waals surface area contributed by atoms with Crippen LogP contribution in [-0.2, 0) is 6.54 Å². The number of hydrogen-bond acceptors (Lipinski definition) is 3. The van der Waals surface area contributed by atoms with Gasteiger partial charge < -0.3 is 10.2 Å². The largest absolute Gasteiger partial charge is 0.313 e. The van der Waals surface area contributed by atoms with Crippen molar-refractivity contribution in [3.05, 3.63) is 53.9 Å². The van der Waals surface area contributed by atoms with Crippen LogP contribution in [-0.4, -0.2) is 31.0 Å². The molecule has 0 saturated heterocycles. The summed E-state index contributed by atoms with van der Waals surface area (Å²) in [5.41, 5.74) is 4.92. The predicted molar refractivity (Wildman–Crippen MR) is 84.5 cm³/mol. The first-order chi connectivity index (χ1) is 9.60. The van der Waals surface area contributed by atoms with E-state index in [0.717, 1.165) is 6.54 Å². The van der Waals surface area contributed by atoms with Crippen LogP contribution in [0.5, 0.6) is 0 Å². The van der Waals surface area contributed by atoms with Crippen LogP contribution in [0.25, 0.3) is 11.1 Å². The molecule has 2 aromatic rings. The van der Waals surface area contributed by atoms with Gasteiger partial charge in [0.05, 0.1) is 0 Å². The predicted octanol–water partition coefficient (Wildman–Crippen LogP) is 3.09. The van der Waals surface area contributed by atoms with Crippen molar-refractivity contribution in [2.45, 2.75) is 19.5 Å². The van der Waals surface area contributed by atoms with Gasteiger partial charge in [0.25, 0.3) is 0 Å². The highest BCUT2D eigenvalue weighted by atomic mass is 15.0. The Balaban J connectivity index is 2.23. The van der Waals surface area contributed by atoms with Gasteiger partial charge in [0, 0.05) is 30.5 Å². The number of pyridine rings is 1. The van der Waals surface area contributed by atoms with Gasteiger partial charge in [-0.1, -0.05) is 24.3 Å². The second kappa shape index (κ2) is 6.64. The standard InChI is InChI=1S/C17H23N3/c1-13(18-2)16-9-17(11-19-10-16)15-7-5-14(6-8-15)12-20(3)4/h5-11,13,18H,12H2,1-4H3. The Hall–Kier alpha value is -1.71. The maximum Gasteiger partial charge on any atom is 0.0346 e. The minimum absolute atomic E-state index is 0.315. The van der Waals surface area contributed by atoms with Crippen LogP contribution in [0, 0.1) is 0 Å². The Morgan fingerprint density at radius 3 is 2.40 bits per heavy atom. The third-order valence-electron chi connectivity index (χ3n) is 3.48. The number of benzene rings is 1. The van der Waals surface area contributed by atoms with E-state index in [4.69, 9.17) is 0 Å². The molecule has 0 fully saturated rings. The second-order valence-corrected chi connectivity index (χ2v) is 5.45. The van der Waals surface area contributed by atoms with E-state index in [1.54, 1.807) is 0 Å². The first-order valence-electron chi connectivity index (χ1n) is 6.96. The lowest BCUT2D eigenvalue weighted by Gasteiger charge is -2.12. The third-order valence-corrected chi connectivity index (χ3v) is 3.48. The topological polar surface area (TPSA) is 28.2 Å². The number of hydrogen-bond donors (Lipinski definition) is 1. The summed E-state index contributed by atoms with van der Waals surface area (Å²) in [5, 5.41) is 3.25. The number of aromatic nitrogens is 1. The van der Waals surface area contributed by atoms with E-state index in [1.165, 1.54) is 22.3 Å². The molecule has 0 aliphatic rings. The summed E-state index contributed by atoms with van der Waals surface area (Å²) < 4.78 is 0. The lowest BCUT2D eigenvalue weighted by atomic mass is 10.0. The zero-order chi connectivity index (χ0) is 14.5. The average molecular weight is 269 g/mol. The maximum atomic E-state index is 4.35. The molecule has 0 bridgehead atoms. The Morgan fingerprint density at radius 1 is 1.10 bits per heavy atom. The van der Waals surface area contributed by atoms with Crippen molar-refractivity contribution >= 4 is 0 Å². The number of nitrogens with zero attached hydrogens (tertiary/aromatic N) is 2. The molecule has 0 radical (unpaired) electrons. The molecule has 0 saturated carbocycles. The van der Waals surface area contributed by atoms with E-state index >= 15 is 0 Å². The van der Waals surface area contributed by atoms with Gasteiger partial charge in [-0.05, 0) is 50.8 Å². The lowest BCUT2D eigenvalue weighted by molar-refractivity contribution is 0.402. The summed E-state index contributed by atoms with van der Waals surface area (Å²) in [5.74, 6) is 0. The van der Waals surface area contributed by atoms with Crippen LogP contribution >= 0.6 is 0 Å². The van der Waals surface area contributed by atoms with E-state index in [1.807, 2.05) is 19.4 Å². The molecule has 2 rings (SSSR count). The van der Waals surface area contributed by atoms with Gasteiger partial charge in [-0.3, -0.25) is 4.98 Å². The van der Waals surface area contributed by atoms with Gasteiger partial charge in [0.2, 0.25) is 0 Å². The van der Waals surface area contributed by atoms with Gasteiger partial charge in [-0.25, -0.2) is 0 Å². The summed E-state index contributed by atoms with van der Waals surface area (Å²) in [6, 6.07) is 11.2. The van der Waals surface area contributed by atoms with E-state index in [-0.39, 0.29) is 0 Å². The van der Waals surface area contributed by atoms with E-state index in [0.29, 0.717) is 6.04 Å². The molecule has 1 heterocycles. The first kappa shape index (κ1) is 14.7. The molecular formula is C17H23N3. The summed E-state index contributed by atoms with van der Waals surface area (Å²) in [6.07, 6.45) is 3.85. The molecule has 3 heteroatoms. The van der Waals surface area contributed by atoms with Gasteiger partial charge in [-0.2, -0.15) is 0 Å². The van der Waals surface area contributed by atoms with Crippen molar-refractivity contribution in [2.75, 3.05) is 21.1 Å². The maximum absolute atomic E-state index is 4.35. The highest BCUT2D eigenvalue weighted by Gasteiger charge is 2.05. The fourth-order valence-electron chi connectivity index (χ4n) is 2.19. The van der Waals surface area contributed by atoms with Crippen molar-refractivity contribution in [3.63, 3.8) is 0 Å². The molecule has 20 heavy (non-hydrogen) atoms. The average Bonchev–Trinajstić information content (AvgIpc) is 2.47.